The van der Waals surface area contributed by atoms with Crippen LogP contribution in [0, 0.1) is 0 Å². The molecule has 0 unspecified atom stereocenters. The van der Waals surface area contributed by atoms with Gasteiger partial charge in [-0.3, -0.25) is 19.4 Å². The summed E-state index contributed by atoms with van der Waals surface area (Å²) < 4.78 is 1.64. The zero-order chi connectivity index (χ0) is 23.1. The summed E-state index contributed by atoms with van der Waals surface area (Å²) in [4.78, 5) is 22.9. The molecule has 3 aromatic heterocycles. The minimum Gasteiger partial charge on any atom is -0.391 e. The van der Waals surface area contributed by atoms with Crippen LogP contribution in [0.15, 0.2) is 72.2 Å². The van der Waals surface area contributed by atoms with Crippen LogP contribution in [-0.2, 0) is 6.42 Å². The van der Waals surface area contributed by atoms with Gasteiger partial charge in [0, 0.05) is 23.3 Å². The van der Waals surface area contributed by atoms with Crippen molar-refractivity contribution in [2.45, 2.75) is 44.2 Å². The van der Waals surface area contributed by atoms with E-state index in [2.05, 4.69) is 27.3 Å². The molecule has 0 bridgehead atoms. The molecule has 34 heavy (non-hydrogen) atoms. The number of benzene rings is 2. The third-order valence-electron chi connectivity index (χ3n) is 6.94. The summed E-state index contributed by atoms with van der Waals surface area (Å²) in [5.41, 5.74) is 4.54. The summed E-state index contributed by atoms with van der Waals surface area (Å²) in [5.74, 6) is 0. The number of H-pyrrole nitrogens is 1. The first kappa shape index (κ1) is 20.7. The van der Waals surface area contributed by atoms with Gasteiger partial charge in [0.2, 0.25) is 0 Å². The van der Waals surface area contributed by atoms with Crippen LogP contribution in [0.5, 0.6) is 0 Å². The van der Waals surface area contributed by atoms with E-state index in [-0.39, 0.29) is 11.6 Å². The van der Waals surface area contributed by atoms with E-state index in [1.807, 2.05) is 42.7 Å². The fourth-order valence-electron chi connectivity index (χ4n) is 5.16. The van der Waals surface area contributed by atoms with Gasteiger partial charge in [-0.2, -0.15) is 5.10 Å². The Labute approximate surface area is 196 Å². The highest BCUT2D eigenvalue weighted by atomic mass is 16.3. The molecule has 0 spiro atoms. The minimum absolute atomic E-state index is 0.0867. The lowest BCUT2D eigenvalue weighted by Gasteiger charge is -2.29. The molecule has 0 aliphatic heterocycles. The van der Waals surface area contributed by atoms with Gasteiger partial charge in [-0.25, -0.2) is 4.98 Å². The minimum atomic E-state index is -0.509. The van der Waals surface area contributed by atoms with Crippen LogP contribution >= 0.6 is 0 Å². The van der Waals surface area contributed by atoms with Crippen LogP contribution < -0.4 is 5.56 Å². The van der Waals surface area contributed by atoms with E-state index in [9.17, 15) is 9.90 Å². The average molecular weight is 452 g/mol. The first-order valence-electron chi connectivity index (χ1n) is 11.7. The molecular formula is C27H25N5O2. The highest BCUT2D eigenvalue weighted by Gasteiger charge is 2.26. The SMILES string of the molecule is O=c1c2cc(Cc3ccc(-c4cn[nH]c4)nc3)c3ccccc3c2ncn1[C@H]1CCCC[C@@H]1O. The molecule has 2 atom stereocenters. The van der Waals surface area contributed by atoms with Crippen molar-refractivity contribution in [3.05, 3.63) is 88.9 Å². The second-order valence-corrected chi connectivity index (χ2v) is 9.07. The zero-order valence-electron chi connectivity index (χ0n) is 18.7. The maximum absolute atomic E-state index is 13.6. The number of rotatable bonds is 4. The number of hydrogen-bond acceptors (Lipinski definition) is 5. The van der Waals surface area contributed by atoms with E-state index >= 15 is 0 Å². The van der Waals surface area contributed by atoms with Gasteiger partial charge in [0.15, 0.2) is 0 Å². The Bertz CT molecular complexity index is 1520. The van der Waals surface area contributed by atoms with Gasteiger partial charge in [0.1, 0.15) is 0 Å². The summed E-state index contributed by atoms with van der Waals surface area (Å²) >= 11 is 0. The van der Waals surface area contributed by atoms with E-state index in [1.54, 1.807) is 17.1 Å². The lowest BCUT2D eigenvalue weighted by atomic mass is 9.92. The number of pyridine rings is 1. The van der Waals surface area contributed by atoms with Crippen molar-refractivity contribution in [2.75, 3.05) is 0 Å². The van der Waals surface area contributed by atoms with E-state index in [1.165, 1.54) is 0 Å². The number of fused-ring (bicyclic) bond motifs is 3. The van der Waals surface area contributed by atoms with Gasteiger partial charge in [0.25, 0.3) is 5.56 Å². The Kier molecular flexibility index (Phi) is 5.19. The Hall–Kier alpha value is -3.84. The summed E-state index contributed by atoms with van der Waals surface area (Å²) in [6.45, 7) is 0. The molecule has 1 saturated carbocycles. The third-order valence-corrected chi connectivity index (χ3v) is 6.94. The van der Waals surface area contributed by atoms with Gasteiger partial charge < -0.3 is 5.11 Å². The van der Waals surface area contributed by atoms with Crippen LogP contribution in [0.25, 0.3) is 32.9 Å². The number of aromatic nitrogens is 5. The van der Waals surface area contributed by atoms with E-state index < -0.39 is 6.10 Å². The van der Waals surface area contributed by atoms with Crippen molar-refractivity contribution in [2.24, 2.45) is 0 Å². The summed E-state index contributed by atoms with van der Waals surface area (Å²) in [6, 6.07) is 13.9. The summed E-state index contributed by atoms with van der Waals surface area (Å²) in [6.07, 6.45) is 10.7. The molecular weight excluding hydrogens is 426 g/mol. The molecule has 2 N–H and O–H groups in total. The number of aromatic amines is 1. The van der Waals surface area contributed by atoms with Crippen molar-refractivity contribution in [3.63, 3.8) is 0 Å². The maximum atomic E-state index is 13.6. The van der Waals surface area contributed by atoms with Crippen molar-refractivity contribution < 1.29 is 5.11 Å². The van der Waals surface area contributed by atoms with Crippen molar-refractivity contribution in [1.82, 2.24) is 24.7 Å². The fourth-order valence-corrected chi connectivity index (χ4v) is 5.16. The predicted octanol–water partition coefficient (Wildman–Crippen LogP) is 4.40. The Morgan fingerprint density at radius 3 is 2.62 bits per heavy atom. The highest BCUT2D eigenvalue weighted by Crippen LogP contribution is 2.30. The van der Waals surface area contributed by atoms with Crippen molar-refractivity contribution in [1.29, 1.82) is 0 Å². The van der Waals surface area contributed by atoms with Gasteiger partial charge in [-0.05, 0) is 47.9 Å². The second kappa shape index (κ2) is 8.50. The topological polar surface area (TPSA) is 96.7 Å². The largest absolute Gasteiger partial charge is 0.391 e. The fraction of sp³-hybridized carbons (Fsp3) is 0.259. The quantitative estimate of drug-likeness (QED) is 0.395. The van der Waals surface area contributed by atoms with E-state index in [4.69, 9.17) is 4.98 Å². The summed E-state index contributed by atoms with van der Waals surface area (Å²) in [7, 11) is 0. The summed E-state index contributed by atoms with van der Waals surface area (Å²) in [5, 5.41) is 20.0. The van der Waals surface area contributed by atoms with Gasteiger partial charge >= 0.3 is 0 Å². The molecule has 1 aliphatic carbocycles. The first-order valence-corrected chi connectivity index (χ1v) is 11.7. The van der Waals surface area contributed by atoms with Crippen LogP contribution in [0.4, 0.5) is 0 Å². The number of nitrogens with zero attached hydrogens (tertiary/aromatic N) is 4. The molecule has 1 aliphatic rings. The maximum Gasteiger partial charge on any atom is 0.261 e. The molecule has 7 heteroatoms. The predicted molar refractivity (Wildman–Crippen MR) is 132 cm³/mol. The average Bonchev–Trinajstić information content (AvgIpc) is 3.41. The molecule has 0 radical (unpaired) electrons. The van der Waals surface area contributed by atoms with Crippen molar-refractivity contribution in [3.8, 4) is 11.3 Å². The molecule has 170 valence electrons. The highest BCUT2D eigenvalue weighted by molar-refractivity contribution is 6.06. The van der Waals surface area contributed by atoms with Crippen LogP contribution in [-0.4, -0.2) is 35.9 Å². The monoisotopic (exact) mass is 451 g/mol. The first-order chi connectivity index (χ1) is 16.7. The number of aliphatic hydroxyl groups excluding tert-OH is 1. The molecule has 5 aromatic rings. The number of aliphatic hydroxyl groups is 1. The lowest BCUT2D eigenvalue weighted by Crippen LogP contribution is -2.34. The molecule has 2 aromatic carbocycles. The van der Waals surface area contributed by atoms with Crippen LogP contribution in [0.2, 0.25) is 0 Å². The Balaban J connectivity index is 1.45. The van der Waals surface area contributed by atoms with Gasteiger partial charge in [-0.15, -0.1) is 0 Å². The van der Waals surface area contributed by atoms with E-state index in [0.717, 1.165) is 58.8 Å². The molecule has 7 nitrogen and oxygen atoms in total. The molecule has 0 saturated heterocycles. The number of hydrogen-bond donors (Lipinski definition) is 2. The van der Waals surface area contributed by atoms with Crippen molar-refractivity contribution >= 4 is 21.7 Å². The molecule has 6 rings (SSSR count). The zero-order valence-corrected chi connectivity index (χ0v) is 18.7. The van der Waals surface area contributed by atoms with Crippen LogP contribution in [0.1, 0.15) is 42.9 Å². The molecule has 1 fully saturated rings. The molecule has 0 amide bonds. The lowest BCUT2D eigenvalue weighted by molar-refractivity contribution is 0.0735. The Morgan fingerprint density at radius 1 is 1.00 bits per heavy atom. The van der Waals surface area contributed by atoms with Gasteiger partial charge in [0.05, 0.1) is 41.3 Å². The van der Waals surface area contributed by atoms with Gasteiger partial charge in [-0.1, -0.05) is 43.2 Å². The third kappa shape index (κ3) is 3.58. The standard InChI is InChI=1S/C27H25N5O2/c33-25-8-4-3-7-24(25)32-16-29-26-21-6-2-1-5-20(21)18(12-22(26)27(32)34)11-17-9-10-23(28-13-17)19-14-30-31-15-19/h1-2,5-6,9-10,12-16,24-25,33H,3-4,7-8,11H2,(H,30,31)/t24-,25-/m0/s1. The van der Waals surface area contributed by atoms with E-state index in [0.29, 0.717) is 17.3 Å². The molecule has 3 heterocycles. The Morgan fingerprint density at radius 2 is 1.85 bits per heavy atom. The second-order valence-electron chi connectivity index (χ2n) is 9.07. The normalized spacial score (nSPS) is 18.5. The smallest absolute Gasteiger partial charge is 0.261 e. The number of nitrogens with one attached hydrogen (secondary N) is 1. The van der Waals surface area contributed by atoms with Crippen LogP contribution in [0.3, 0.4) is 0 Å².